The molecule has 1 N–H and O–H groups in total. The molecule has 0 aliphatic carbocycles. The lowest BCUT2D eigenvalue weighted by molar-refractivity contribution is 0.0635. The topological polar surface area (TPSA) is 32.3 Å². The van der Waals surface area contributed by atoms with Gasteiger partial charge in [0.05, 0.1) is 0 Å². The lowest BCUT2D eigenvalue weighted by atomic mass is 9.89. The second-order valence-corrected chi connectivity index (χ2v) is 6.49. The van der Waals surface area contributed by atoms with Gasteiger partial charge in [-0.15, -0.1) is 12.4 Å². The van der Waals surface area contributed by atoms with Crippen molar-refractivity contribution < 1.29 is 4.79 Å². The Hall–Kier alpha value is -1.06. The molecular weight excluding hydrogens is 296 g/mol. The second kappa shape index (κ2) is 7.98. The van der Waals surface area contributed by atoms with Crippen molar-refractivity contribution in [3.05, 3.63) is 35.4 Å². The second-order valence-electron chi connectivity index (χ2n) is 6.49. The molecule has 1 aromatic rings. The van der Waals surface area contributed by atoms with E-state index in [1.54, 1.807) is 0 Å². The zero-order valence-corrected chi connectivity index (χ0v) is 14.2. The minimum Gasteiger partial charge on any atom is -0.336 e. The van der Waals surface area contributed by atoms with Gasteiger partial charge in [-0.2, -0.15) is 0 Å². The summed E-state index contributed by atoms with van der Waals surface area (Å²) < 4.78 is 0. The zero-order valence-electron chi connectivity index (χ0n) is 13.4. The van der Waals surface area contributed by atoms with E-state index >= 15 is 0 Å². The number of carbonyl (C=O) groups excluding carboxylic acids is 1. The molecule has 2 aliphatic heterocycles. The van der Waals surface area contributed by atoms with Gasteiger partial charge in [-0.05, 0) is 75.7 Å². The normalized spacial score (nSPS) is 23.0. The lowest BCUT2D eigenvalue weighted by Crippen LogP contribution is -2.42. The van der Waals surface area contributed by atoms with Crippen molar-refractivity contribution in [3.8, 4) is 0 Å². The summed E-state index contributed by atoms with van der Waals surface area (Å²) in [5, 5.41) is 3.40. The Bertz CT molecular complexity index is 500. The summed E-state index contributed by atoms with van der Waals surface area (Å²) in [5.74, 6) is 0.829. The van der Waals surface area contributed by atoms with Crippen molar-refractivity contribution in [2.45, 2.75) is 51.0 Å². The van der Waals surface area contributed by atoms with Gasteiger partial charge < -0.3 is 10.2 Å². The Morgan fingerprint density at radius 1 is 1.18 bits per heavy atom. The molecule has 2 saturated heterocycles. The summed E-state index contributed by atoms with van der Waals surface area (Å²) >= 11 is 0. The van der Waals surface area contributed by atoms with Crippen molar-refractivity contribution in [2.75, 3.05) is 19.6 Å². The third-order valence-corrected chi connectivity index (χ3v) is 5.01. The average Bonchev–Trinajstić information content (AvgIpc) is 2.56. The van der Waals surface area contributed by atoms with Crippen LogP contribution in [0.1, 0.15) is 60.9 Å². The Balaban J connectivity index is 0.00000176. The van der Waals surface area contributed by atoms with Crippen LogP contribution in [0.3, 0.4) is 0 Å². The van der Waals surface area contributed by atoms with Crippen LogP contribution in [0, 0.1) is 0 Å². The predicted octanol–water partition coefficient (Wildman–Crippen LogP) is 3.59. The molecule has 0 radical (unpaired) electrons. The number of likely N-dealkylation sites (tertiary alicyclic amines) is 1. The SMILES string of the molecule is CC1CCCCN1C(=O)c1cccc(C2CCNCC2)c1.Cl. The number of nitrogens with zero attached hydrogens (tertiary/aromatic N) is 1. The quantitative estimate of drug-likeness (QED) is 0.902. The van der Waals surface area contributed by atoms with Crippen LogP contribution in [0.5, 0.6) is 0 Å². The van der Waals surface area contributed by atoms with E-state index in [0.717, 1.165) is 38.0 Å². The van der Waals surface area contributed by atoms with Gasteiger partial charge in [0, 0.05) is 18.2 Å². The van der Waals surface area contributed by atoms with E-state index in [1.807, 2.05) is 6.07 Å². The van der Waals surface area contributed by atoms with Crippen LogP contribution in [0.15, 0.2) is 24.3 Å². The van der Waals surface area contributed by atoms with E-state index in [2.05, 4.69) is 35.3 Å². The average molecular weight is 323 g/mol. The number of piperidine rings is 2. The maximum Gasteiger partial charge on any atom is 0.254 e. The van der Waals surface area contributed by atoms with Crippen LogP contribution in [0.25, 0.3) is 0 Å². The number of hydrogen-bond donors (Lipinski definition) is 1. The fourth-order valence-electron chi connectivity index (χ4n) is 3.65. The van der Waals surface area contributed by atoms with E-state index in [1.165, 1.54) is 24.8 Å². The Morgan fingerprint density at radius 2 is 1.95 bits per heavy atom. The largest absolute Gasteiger partial charge is 0.336 e. The number of benzene rings is 1. The summed E-state index contributed by atoms with van der Waals surface area (Å²) in [6.45, 7) is 5.27. The van der Waals surface area contributed by atoms with Gasteiger partial charge in [-0.3, -0.25) is 4.79 Å². The third kappa shape index (κ3) is 3.82. The highest BCUT2D eigenvalue weighted by atomic mass is 35.5. The number of hydrogen-bond acceptors (Lipinski definition) is 2. The van der Waals surface area contributed by atoms with Crippen molar-refractivity contribution in [3.63, 3.8) is 0 Å². The van der Waals surface area contributed by atoms with Crippen LogP contribution in [0.2, 0.25) is 0 Å². The molecule has 3 nitrogen and oxygen atoms in total. The fourth-order valence-corrected chi connectivity index (χ4v) is 3.65. The highest BCUT2D eigenvalue weighted by molar-refractivity contribution is 5.94. The smallest absolute Gasteiger partial charge is 0.254 e. The summed E-state index contributed by atoms with van der Waals surface area (Å²) in [6.07, 6.45) is 5.89. The summed E-state index contributed by atoms with van der Waals surface area (Å²) in [4.78, 5) is 14.8. The minimum absolute atomic E-state index is 0. The first-order valence-corrected chi connectivity index (χ1v) is 8.37. The molecule has 0 aromatic heterocycles. The van der Waals surface area contributed by atoms with Gasteiger partial charge in [0.15, 0.2) is 0 Å². The zero-order chi connectivity index (χ0) is 14.7. The molecule has 2 aliphatic rings. The monoisotopic (exact) mass is 322 g/mol. The van der Waals surface area contributed by atoms with E-state index in [-0.39, 0.29) is 18.3 Å². The molecule has 0 spiro atoms. The molecule has 122 valence electrons. The molecule has 22 heavy (non-hydrogen) atoms. The first-order valence-electron chi connectivity index (χ1n) is 8.37. The van der Waals surface area contributed by atoms with E-state index in [4.69, 9.17) is 0 Å². The molecule has 0 bridgehead atoms. The van der Waals surface area contributed by atoms with E-state index < -0.39 is 0 Å². The van der Waals surface area contributed by atoms with Crippen LogP contribution >= 0.6 is 12.4 Å². The standard InChI is InChI=1S/C18H26N2O.ClH/c1-14-5-2-3-12-20(14)18(21)17-7-4-6-16(13-17)15-8-10-19-11-9-15;/h4,6-7,13-15,19H,2-3,5,8-12H2,1H3;1H. The number of nitrogens with one attached hydrogen (secondary N) is 1. The molecule has 1 atom stereocenters. The third-order valence-electron chi connectivity index (χ3n) is 5.01. The van der Waals surface area contributed by atoms with Crippen molar-refractivity contribution >= 4 is 18.3 Å². The van der Waals surface area contributed by atoms with Crippen LogP contribution in [-0.2, 0) is 0 Å². The molecule has 2 heterocycles. The molecule has 1 unspecified atom stereocenters. The van der Waals surface area contributed by atoms with Gasteiger partial charge in [0.1, 0.15) is 0 Å². The summed E-state index contributed by atoms with van der Waals surface area (Å²) in [5.41, 5.74) is 2.21. The van der Waals surface area contributed by atoms with Crippen molar-refractivity contribution in [2.24, 2.45) is 0 Å². The molecule has 3 rings (SSSR count). The van der Waals surface area contributed by atoms with Gasteiger partial charge in [-0.1, -0.05) is 12.1 Å². The maximum atomic E-state index is 12.8. The lowest BCUT2D eigenvalue weighted by Gasteiger charge is -2.33. The number of amides is 1. The van der Waals surface area contributed by atoms with Crippen molar-refractivity contribution in [1.29, 1.82) is 0 Å². The van der Waals surface area contributed by atoms with Crippen LogP contribution < -0.4 is 5.32 Å². The predicted molar refractivity (Wildman–Crippen MR) is 92.9 cm³/mol. The number of carbonyl (C=O) groups is 1. The van der Waals surface area contributed by atoms with E-state index in [9.17, 15) is 4.79 Å². The molecule has 1 aromatic carbocycles. The highest BCUT2D eigenvalue weighted by Gasteiger charge is 2.25. The molecule has 2 fully saturated rings. The van der Waals surface area contributed by atoms with Crippen molar-refractivity contribution in [1.82, 2.24) is 10.2 Å². The Morgan fingerprint density at radius 3 is 2.68 bits per heavy atom. The summed E-state index contributed by atoms with van der Waals surface area (Å²) in [6, 6.07) is 8.74. The Kier molecular flexibility index (Phi) is 6.27. The minimum atomic E-state index is 0. The Labute approximate surface area is 139 Å². The fraction of sp³-hybridized carbons (Fsp3) is 0.611. The first kappa shape index (κ1) is 17.3. The van der Waals surface area contributed by atoms with Crippen LogP contribution in [0.4, 0.5) is 0 Å². The molecule has 1 amide bonds. The first-order chi connectivity index (χ1) is 10.3. The van der Waals surface area contributed by atoms with Gasteiger partial charge >= 0.3 is 0 Å². The van der Waals surface area contributed by atoms with E-state index in [0.29, 0.717) is 12.0 Å². The van der Waals surface area contributed by atoms with Gasteiger partial charge in [0.2, 0.25) is 0 Å². The van der Waals surface area contributed by atoms with Gasteiger partial charge in [-0.25, -0.2) is 0 Å². The number of halogens is 1. The molecule has 4 heteroatoms. The number of rotatable bonds is 2. The van der Waals surface area contributed by atoms with Gasteiger partial charge in [0.25, 0.3) is 5.91 Å². The maximum absolute atomic E-state index is 12.8. The summed E-state index contributed by atoms with van der Waals surface area (Å²) in [7, 11) is 0. The molecular formula is C18H27ClN2O. The van der Waals surface area contributed by atoms with Crippen LogP contribution in [-0.4, -0.2) is 36.5 Å². The highest BCUT2D eigenvalue weighted by Crippen LogP contribution is 2.27. The molecule has 0 saturated carbocycles.